The van der Waals surface area contributed by atoms with Crippen LogP contribution >= 0.6 is 0 Å². The third kappa shape index (κ3) is 4.75. The number of carbonyl (C=O) groups is 1. The highest BCUT2D eigenvalue weighted by atomic mass is 16.5. The predicted molar refractivity (Wildman–Crippen MR) is 75.1 cm³/mol. The Morgan fingerprint density at radius 2 is 2.11 bits per heavy atom. The molecule has 5 nitrogen and oxygen atoms in total. The fourth-order valence-electron chi connectivity index (χ4n) is 2.79. The van der Waals surface area contributed by atoms with E-state index in [1.165, 1.54) is 6.42 Å². The lowest BCUT2D eigenvalue weighted by Gasteiger charge is -2.29. The molecule has 0 aromatic rings. The molecule has 19 heavy (non-hydrogen) atoms. The Balaban J connectivity index is 1.65. The van der Waals surface area contributed by atoms with Crippen molar-refractivity contribution in [1.29, 1.82) is 0 Å². The molecule has 1 N–H and O–H groups in total. The number of carbonyl (C=O) groups excluding carboxylic acids is 1. The maximum absolute atomic E-state index is 12.1. The van der Waals surface area contributed by atoms with Gasteiger partial charge in [0.2, 0.25) is 5.91 Å². The van der Waals surface area contributed by atoms with Gasteiger partial charge in [0.1, 0.15) is 0 Å². The van der Waals surface area contributed by atoms with Crippen LogP contribution in [0.4, 0.5) is 0 Å². The van der Waals surface area contributed by atoms with Crippen LogP contribution in [0, 0.1) is 5.92 Å². The Labute approximate surface area is 116 Å². The fourth-order valence-corrected chi connectivity index (χ4v) is 2.79. The second-order valence-electron chi connectivity index (χ2n) is 5.60. The average molecular weight is 269 g/mol. The Bertz CT molecular complexity index is 280. The molecule has 2 heterocycles. The Morgan fingerprint density at radius 3 is 2.84 bits per heavy atom. The van der Waals surface area contributed by atoms with Crippen molar-refractivity contribution in [1.82, 2.24) is 15.1 Å². The topological polar surface area (TPSA) is 44.8 Å². The molecule has 0 aliphatic carbocycles. The first-order chi connectivity index (χ1) is 9.29. The first-order valence-electron chi connectivity index (χ1n) is 7.58. The minimum absolute atomic E-state index is 0.289. The van der Waals surface area contributed by atoms with Crippen LogP contribution in [0.15, 0.2) is 0 Å². The molecule has 1 amide bonds. The van der Waals surface area contributed by atoms with E-state index in [0.29, 0.717) is 12.5 Å². The standard InChI is InChI=1S/C14H27N3O2/c1-2-9-19-12-13-3-6-16(10-13)11-14(18)17-7-4-15-5-8-17/h13,15H,2-12H2,1H3/t13-/m1/s1. The van der Waals surface area contributed by atoms with E-state index in [-0.39, 0.29) is 5.91 Å². The van der Waals surface area contributed by atoms with Crippen molar-refractivity contribution >= 4 is 5.91 Å². The lowest BCUT2D eigenvalue weighted by atomic mass is 10.1. The monoisotopic (exact) mass is 269 g/mol. The van der Waals surface area contributed by atoms with Gasteiger partial charge in [0.15, 0.2) is 0 Å². The van der Waals surface area contributed by atoms with Crippen LogP contribution in [0.1, 0.15) is 19.8 Å². The Hall–Kier alpha value is -0.650. The molecule has 0 radical (unpaired) electrons. The molecule has 2 aliphatic rings. The van der Waals surface area contributed by atoms with Crippen LogP contribution in [0.2, 0.25) is 0 Å². The molecular formula is C14H27N3O2. The smallest absolute Gasteiger partial charge is 0.236 e. The van der Waals surface area contributed by atoms with E-state index in [0.717, 1.165) is 58.9 Å². The highest BCUT2D eigenvalue weighted by molar-refractivity contribution is 5.78. The van der Waals surface area contributed by atoms with Crippen LogP contribution in [-0.4, -0.2) is 74.7 Å². The largest absolute Gasteiger partial charge is 0.381 e. The quantitative estimate of drug-likeness (QED) is 0.698. The van der Waals surface area contributed by atoms with Gasteiger partial charge < -0.3 is 15.0 Å². The van der Waals surface area contributed by atoms with Crippen molar-refractivity contribution in [3.63, 3.8) is 0 Å². The molecule has 0 bridgehead atoms. The maximum atomic E-state index is 12.1. The van der Waals surface area contributed by atoms with Crippen molar-refractivity contribution in [2.24, 2.45) is 5.92 Å². The fraction of sp³-hybridized carbons (Fsp3) is 0.929. The van der Waals surface area contributed by atoms with E-state index in [1.807, 2.05) is 4.90 Å². The molecule has 0 unspecified atom stereocenters. The molecule has 1 atom stereocenters. The number of rotatable bonds is 6. The highest BCUT2D eigenvalue weighted by Crippen LogP contribution is 2.16. The summed E-state index contributed by atoms with van der Waals surface area (Å²) in [6.07, 6.45) is 2.25. The van der Waals surface area contributed by atoms with Gasteiger partial charge in [-0.1, -0.05) is 6.92 Å². The van der Waals surface area contributed by atoms with Crippen molar-refractivity contribution in [3.8, 4) is 0 Å². The molecule has 0 aromatic carbocycles. The van der Waals surface area contributed by atoms with E-state index in [1.54, 1.807) is 0 Å². The van der Waals surface area contributed by atoms with Crippen LogP contribution < -0.4 is 5.32 Å². The minimum Gasteiger partial charge on any atom is -0.381 e. The summed E-state index contributed by atoms with van der Waals surface area (Å²) in [6.45, 7) is 10.1. The maximum Gasteiger partial charge on any atom is 0.236 e. The van der Waals surface area contributed by atoms with Crippen LogP contribution in [-0.2, 0) is 9.53 Å². The number of nitrogens with zero attached hydrogens (tertiary/aromatic N) is 2. The molecule has 2 saturated heterocycles. The minimum atomic E-state index is 0.289. The zero-order chi connectivity index (χ0) is 13.5. The molecule has 110 valence electrons. The second-order valence-corrected chi connectivity index (χ2v) is 5.60. The first-order valence-corrected chi connectivity index (χ1v) is 7.58. The Morgan fingerprint density at radius 1 is 1.32 bits per heavy atom. The highest BCUT2D eigenvalue weighted by Gasteiger charge is 2.26. The number of ether oxygens (including phenoxy) is 1. The number of hydrogen-bond acceptors (Lipinski definition) is 4. The second kappa shape index (κ2) is 7.82. The first kappa shape index (κ1) is 14.8. The lowest BCUT2D eigenvalue weighted by Crippen LogP contribution is -2.49. The summed E-state index contributed by atoms with van der Waals surface area (Å²) < 4.78 is 5.61. The zero-order valence-electron chi connectivity index (χ0n) is 12.1. The lowest BCUT2D eigenvalue weighted by molar-refractivity contribution is -0.132. The summed E-state index contributed by atoms with van der Waals surface area (Å²) in [6, 6.07) is 0. The van der Waals surface area contributed by atoms with Gasteiger partial charge in [-0.3, -0.25) is 9.69 Å². The SMILES string of the molecule is CCCOC[C@@H]1CCN(CC(=O)N2CCNCC2)C1. The van der Waals surface area contributed by atoms with Gasteiger partial charge in [0.05, 0.1) is 13.2 Å². The molecule has 0 spiro atoms. The number of piperazine rings is 1. The number of likely N-dealkylation sites (tertiary alicyclic amines) is 1. The zero-order valence-corrected chi connectivity index (χ0v) is 12.1. The van der Waals surface area contributed by atoms with Crippen LogP contribution in [0.5, 0.6) is 0 Å². The molecule has 5 heteroatoms. The van der Waals surface area contributed by atoms with Crippen molar-refractivity contribution < 1.29 is 9.53 Å². The summed E-state index contributed by atoms with van der Waals surface area (Å²) in [5.74, 6) is 0.902. The van der Waals surface area contributed by atoms with E-state index < -0.39 is 0 Å². The van der Waals surface area contributed by atoms with Gasteiger partial charge in [-0.15, -0.1) is 0 Å². The third-order valence-electron chi connectivity index (χ3n) is 3.90. The summed E-state index contributed by atoms with van der Waals surface area (Å²) in [4.78, 5) is 16.4. The van der Waals surface area contributed by atoms with E-state index in [4.69, 9.17) is 4.74 Å². The molecule has 0 saturated carbocycles. The van der Waals surface area contributed by atoms with Crippen molar-refractivity contribution in [2.75, 3.05) is 59.0 Å². The Kier molecular flexibility index (Phi) is 6.07. The van der Waals surface area contributed by atoms with Gasteiger partial charge in [-0.25, -0.2) is 0 Å². The van der Waals surface area contributed by atoms with Crippen molar-refractivity contribution in [2.45, 2.75) is 19.8 Å². The predicted octanol–water partition coefficient (Wildman–Crippen LogP) is 0.167. The molecule has 2 aliphatic heterocycles. The van der Waals surface area contributed by atoms with Crippen molar-refractivity contribution in [3.05, 3.63) is 0 Å². The van der Waals surface area contributed by atoms with Crippen LogP contribution in [0.3, 0.4) is 0 Å². The van der Waals surface area contributed by atoms with Gasteiger partial charge in [-0.05, 0) is 25.3 Å². The number of nitrogens with one attached hydrogen (secondary N) is 1. The summed E-state index contributed by atoms with van der Waals surface area (Å²) >= 11 is 0. The summed E-state index contributed by atoms with van der Waals surface area (Å²) in [7, 11) is 0. The molecule has 0 aromatic heterocycles. The van der Waals surface area contributed by atoms with E-state index >= 15 is 0 Å². The van der Waals surface area contributed by atoms with Gasteiger partial charge in [-0.2, -0.15) is 0 Å². The molecule has 2 rings (SSSR count). The normalized spacial score (nSPS) is 24.9. The number of hydrogen-bond donors (Lipinski definition) is 1. The number of amides is 1. The van der Waals surface area contributed by atoms with Gasteiger partial charge in [0, 0.05) is 39.3 Å². The van der Waals surface area contributed by atoms with Gasteiger partial charge in [0.25, 0.3) is 0 Å². The van der Waals surface area contributed by atoms with E-state index in [2.05, 4.69) is 17.1 Å². The van der Waals surface area contributed by atoms with Gasteiger partial charge >= 0.3 is 0 Å². The molecular weight excluding hydrogens is 242 g/mol. The molecule has 2 fully saturated rings. The summed E-state index contributed by atoms with van der Waals surface area (Å²) in [5.41, 5.74) is 0. The third-order valence-corrected chi connectivity index (χ3v) is 3.90. The van der Waals surface area contributed by atoms with E-state index in [9.17, 15) is 4.79 Å². The summed E-state index contributed by atoms with van der Waals surface area (Å²) in [5, 5.41) is 3.27. The average Bonchev–Trinajstić information content (AvgIpc) is 2.88. The van der Waals surface area contributed by atoms with Crippen LogP contribution in [0.25, 0.3) is 0 Å².